The summed E-state index contributed by atoms with van der Waals surface area (Å²) < 4.78 is 65.4. The molecule has 35 heavy (non-hydrogen) atoms. The van der Waals surface area contributed by atoms with Gasteiger partial charge in [0.1, 0.15) is 5.75 Å². The normalized spacial score (nSPS) is 20.3. The third kappa shape index (κ3) is 5.51. The molecule has 1 atom stereocenters. The predicted octanol–water partition coefficient (Wildman–Crippen LogP) is 1.76. The average Bonchev–Trinajstić information content (AvgIpc) is 2.89. The molecule has 0 spiro atoms. The number of methoxy groups -OCH3 is 1. The molecular formula is C23H29N3O7S2. The van der Waals surface area contributed by atoms with Crippen LogP contribution in [0.15, 0.2) is 58.3 Å². The van der Waals surface area contributed by atoms with Gasteiger partial charge in [-0.1, -0.05) is 18.2 Å². The zero-order valence-electron chi connectivity index (χ0n) is 19.4. The standard InChI is InChI=1S/C23H29N3O7S2/c1-32-22-10-9-20(35(30,31)25-12-14-33-15-13-25)16-21(22)24-23(27)18-6-5-11-26(17-18)34(28,29)19-7-3-2-4-8-19/h2-4,7-10,16,18H,5-6,11-15,17H2,1H3,(H,24,27)/t18-/m0/s1. The van der Waals surface area contributed by atoms with Crippen LogP contribution < -0.4 is 10.1 Å². The second-order valence-corrected chi connectivity index (χ2v) is 12.3. The van der Waals surface area contributed by atoms with Gasteiger partial charge < -0.3 is 14.8 Å². The Bertz CT molecular complexity index is 1260. The van der Waals surface area contributed by atoms with E-state index >= 15 is 0 Å². The molecule has 1 amide bonds. The maximum atomic E-state index is 13.1. The number of benzene rings is 2. The number of hydrogen-bond donors (Lipinski definition) is 1. The fourth-order valence-corrected chi connectivity index (χ4v) is 7.21. The topological polar surface area (TPSA) is 122 Å². The van der Waals surface area contributed by atoms with E-state index in [0.29, 0.717) is 38.3 Å². The van der Waals surface area contributed by atoms with E-state index in [1.165, 1.54) is 46.1 Å². The molecule has 1 N–H and O–H groups in total. The molecule has 12 heteroatoms. The number of nitrogens with one attached hydrogen (secondary N) is 1. The highest BCUT2D eigenvalue weighted by molar-refractivity contribution is 7.89. The summed E-state index contributed by atoms with van der Waals surface area (Å²) in [6, 6.07) is 12.4. The molecule has 0 saturated carbocycles. The molecule has 10 nitrogen and oxygen atoms in total. The summed E-state index contributed by atoms with van der Waals surface area (Å²) in [6.07, 6.45) is 1.05. The van der Waals surface area contributed by atoms with Gasteiger partial charge in [0.15, 0.2) is 0 Å². The Morgan fingerprint density at radius 1 is 0.943 bits per heavy atom. The summed E-state index contributed by atoms with van der Waals surface area (Å²) >= 11 is 0. The van der Waals surface area contributed by atoms with Crippen LogP contribution >= 0.6 is 0 Å². The number of carbonyl (C=O) groups is 1. The number of morpholine rings is 1. The second-order valence-electron chi connectivity index (χ2n) is 8.38. The van der Waals surface area contributed by atoms with Crippen molar-refractivity contribution in [3.8, 4) is 5.75 Å². The maximum Gasteiger partial charge on any atom is 0.243 e. The average molecular weight is 524 g/mol. The number of sulfonamides is 2. The number of piperidine rings is 1. The lowest BCUT2D eigenvalue weighted by molar-refractivity contribution is -0.120. The van der Waals surface area contributed by atoms with Crippen molar-refractivity contribution in [2.75, 3.05) is 51.8 Å². The van der Waals surface area contributed by atoms with Crippen LogP contribution in [0.25, 0.3) is 0 Å². The highest BCUT2D eigenvalue weighted by Crippen LogP contribution is 2.31. The van der Waals surface area contributed by atoms with Gasteiger partial charge in [-0.25, -0.2) is 16.8 Å². The molecule has 2 aromatic carbocycles. The number of ether oxygens (including phenoxy) is 2. The molecule has 2 aliphatic rings. The zero-order valence-corrected chi connectivity index (χ0v) is 21.1. The Hall–Kier alpha value is -2.51. The van der Waals surface area contributed by atoms with E-state index in [-0.39, 0.29) is 35.1 Å². The molecule has 0 aliphatic carbocycles. The van der Waals surface area contributed by atoms with Crippen molar-refractivity contribution in [1.29, 1.82) is 0 Å². The minimum absolute atomic E-state index is 0.0347. The minimum atomic E-state index is -3.77. The van der Waals surface area contributed by atoms with Gasteiger partial charge in [-0.2, -0.15) is 8.61 Å². The van der Waals surface area contributed by atoms with E-state index < -0.39 is 31.9 Å². The van der Waals surface area contributed by atoms with E-state index in [2.05, 4.69) is 5.32 Å². The second kappa shape index (κ2) is 10.6. The summed E-state index contributed by atoms with van der Waals surface area (Å²) in [4.78, 5) is 13.4. The number of nitrogens with zero attached hydrogens (tertiary/aromatic N) is 2. The van der Waals surface area contributed by atoms with Gasteiger partial charge >= 0.3 is 0 Å². The smallest absolute Gasteiger partial charge is 0.243 e. The van der Waals surface area contributed by atoms with Gasteiger partial charge in [0, 0.05) is 26.2 Å². The van der Waals surface area contributed by atoms with Crippen molar-refractivity contribution < 1.29 is 31.1 Å². The Morgan fingerprint density at radius 3 is 2.31 bits per heavy atom. The van der Waals surface area contributed by atoms with E-state index in [4.69, 9.17) is 9.47 Å². The summed E-state index contributed by atoms with van der Waals surface area (Å²) in [5, 5.41) is 2.77. The number of carbonyl (C=O) groups excluding carboxylic acids is 1. The number of rotatable bonds is 7. The zero-order chi connectivity index (χ0) is 25.1. The fourth-order valence-electron chi connectivity index (χ4n) is 4.23. The Morgan fingerprint density at radius 2 is 1.63 bits per heavy atom. The first-order valence-electron chi connectivity index (χ1n) is 11.4. The van der Waals surface area contributed by atoms with Gasteiger partial charge in [0.2, 0.25) is 26.0 Å². The van der Waals surface area contributed by atoms with Crippen LogP contribution in [-0.2, 0) is 29.6 Å². The van der Waals surface area contributed by atoms with Crippen LogP contribution in [0, 0.1) is 5.92 Å². The molecule has 2 aromatic rings. The van der Waals surface area contributed by atoms with Crippen LogP contribution in [0.1, 0.15) is 12.8 Å². The Kier molecular flexibility index (Phi) is 7.77. The Labute approximate surface area is 205 Å². The quantitative estimate of drug-likeness (QED) is 0.587. The molecule has 0 radical (unpaired) electrons. The summed E-state index contributed by atoms with van der Waals surface area (Å²) in [5.41, 5.74) is 0.217. The molecule has 2 saturated heterocycles. The fraction of sp³-hybridized carbons (Fsp3) is 0.435. The first-order valence-corrected chi connectivity index (χ1v) is 14.2. The third-order valence-electron chi connectivity index (χ3n) is 6.17. The van der Waals surface area contributed by atoms with Crippen LogP contribution in [0.3, 0.4) is 0 Å². The molecule has 2 fully saturated rings. The molecule has 0 bridgehead atoms. The molecule has 2 heterocycles. The van der Waals surface area contributed by atoms with Gasteiger partial charge in [-0.05, 0) is 43.2 Å². The molecule has 190 valence electrons. The number of anilines is 1. The van der Waals surface area contributed by atoms with Crippen molar-refractivity contribution in [2.45, 2.75) is 22.6 Å². The molecular weight excluding hydrogens is 494 g/mol. The van der Waals surface area contributed by atoms with Gasteiger partial charge in [0.05, 0.1) is 41.7 Å². The summed E-state index contributed by atoms with van der Waals surface area (Å²) in [6.45, 7) is 1.52. The van der Waals surface area contributed by atoms with E-state index in [0.717, 1.165) is 0 Å². The summed E-state index contributed by atoms with van der Waals surface area (Å²) in [5.74, 6) is -0.674. The lowest BCUT2D eigenvalue weighted by Crippen LogP contribution is -2.43. The van der Waals surface area contributed by atoms with Crippen LogP contribution in [0.2, 0.25) is 0 Å². The Balaban J connectivity index is 1.52. The van der Waals surface area contributed by atoms with Gasteiger partial charge in [-0.15, -0.1) is 0 Å². The molecule has 2 aliphatic heterocycles. The van der Waals surface area contributed by atoms with Gasteiger partial charge in [0.25, 0.3) is 0 Å². The van der Waals surface area contributed by atoms with Crippen LogP contribution in [0.5, 0.6) is 5.75 Å². The maximum absolute atomic E-state index is 13.1. The van der Waals surface area contributed by atoms with Crippen LogP contribution in [0.4, 0.5) is 5.69 Å². The lowest BCUT2D eigenvalue weighted by atomic mass is 9.98. The van der Waals surface area contributed by atoms with E-state index in [1.807, 2.05) is 0 Å². The van der Waals surface area contributed by atoms with Crippen molar-refractivity contribution in [3.63, 3.8) is 0 Å². The van der Waals surface area contributed by atoms with Crippen LogP contribution in [-0.4, -0.2) is 77.9 Å². The van der Waals surface area contributed by atoms with Crippen molar-refractivity contribution in [1.82, 2.24) is 8.61 Å². The van der Waals surface area contributed by atoms with Crippen molar-refractivity contribution >= 4 is 31.6 Å². The number of hydrogen-bond acceptors (Lipinski definition) is 7. The summed E-state index contributed by atoms with van der Waals surface area (Å²) in [7, 11) is -6.06. The molecule has 4 rings (SSSR count). The third-order valence-corrected chi connectivity index (χ3v) is 9.95. The first-order chi connectivity index (χ1) is 16.7. The highest BCUT2D eigenvalue weighted by Gasteiger charge is 2.34. The minimum Gasteiger partial charge on any atom is -0.495 e. The van der Waals surface area contributed by atoms with E-state index in [1.54, 1.807) is 18.2 Å². The van der Waals surface area contributed by atoms with Crippen molar-refractivity contribution in [3.05, 3.63) is 48.5 Å². The molecule has 0 unspecified atom stereocenters. The highest BCUT2D eigenvalue weighted by atomic mass is 32.2. The predicted molar refractivity (Wildman–Crippen MR) is 129 cm³/mol. The van der Waals surface area contributed by atoms with Gasteiger partial charge in [-0.3, -0.25) is 4.79 Å². The monoisotopic (exact) mass is 523 g/mol. The largest absolute Gasteiger partial charge is 0.495 e. The lowest BCUT2D eigenvalue weighted by Gasteiger charge is -2.31. The molecule has 0 aromatic heterocycles. The SMILES string of the molecule is COc1ccc(S(=O)(=O)N2CCOCC2)cc1NC(=O)[C@H]1CCCN(S(=O)(=O)c2ccccc2)C1. The van der Waals surface area contributed by atoms with Crippen molar-refractivity contribution in [2.24, 2.45) is 5.92 Å². The van der Waals surface area contributed by atoms with E-state index in [9.17, 15) is 21.6 Å². The first kappa shape index (κ1) is 25.6. The number of amides is 1.